The number of anilines is 2. The zero-order valence-electron chi connectivity index (χ0n) is 12.4. The maximum Gasteiger partial charge on any atom is 0.257 e. The van der Waals surface area contributed by atoms with Gasteiger partial charge < -0.3 is 10.2 Å². The van der Waals surface area contributed by atoms with Gasteiger partial charge in [-0.15, -0.1) is 0 Å². The fourth-order valence-electron chi connectivity index (χ4n) is 2.14. The van der Waals surface area contributed by atoms with Gasteiger partial charge in [-0.05, 0) is 38.1 Å². The predicted molar refractivity (Wildman–Crippen MR) is 92.2 cm³/mol. The SMILES string of the molecule is CCN(CC)c1cncc(C(=O)Nc2cc(Cl)cc(Cl)c2)c1. The van der Waals surface area contributed by atoms with Gasteiger partial charge in [-0.1, -0.05) is 23.2 Å². The van der Waals surface area contributed by atoms with E-state index in [2.05, 4.69) is 29.0 Å². The molecular formula is C16H17Cl2N3O. The van der Waals surface area contributed by atoms with Gasteiger partial charge in [-0.2, -0.15) is 0 Å². The highest BCUT2D eigenvalue weighted by Gasteiger charge is 2.10. The molecule has 0 fully saturated rings. The number of benzene rings is 1. The molecule has 0 saturated carbocycles. The van der Waals surface area contributed by atoms with Crippen molar-refractivity contribution in [1.82, 2.24) is 4.98 Å². The third kappa shape index (κ3) is 4.12. The Bertz CT molecular complexity index is 652. The summed E-state index contributed by atoms with van der Waals surface area (Å²) in [4.78, 5) is 18.6. The normalized spacial score (nSPS) is 10.4. The number of pyridine rings is 1. The second kappa shape index (κ2) is 7.47. The van der Waals surface area contributed by atoms with Crippen molar-refractivity contribution in [2.45, 2.75) is 13.8 Å². The molecule has 1 heterocycles. The van der Waals surface area contributed by atoms with Gasteiger partial charge in [0.25, 0.3) is 5.91 Å². The van der Waals surface area contributed by atoms with E-state index in [0.29, 0.717) is 21.3 Å². The molecule has 2 rings (SSSR count). The average molecular weight is 338 g/mol. The number of nitrogens with one attached hydrogen (secondary N) is 1. The number of hydrogen-bond acceptors (Lipinski definition) is 3. The standard InChI is InChI=1S/C16H17Cl2N3O/c1-3-21(4-2)15-5-11(9-19-10-15)16(22)20-14-7-12(17)6-13(18)8-14/h5-10H,3-4H2,1-2H3,(H,20,22). The fourth-order valence-corrected chi connectivity index (χ4v) is 2.67. The molecule has 0 spiro atoms. The van der Waals surface area contributed by atoms with E-state index in [1.165, 1.54) is 6.20 Å². The zero-order valence-corrected chi connectivity index (χ0v) is 13.9. The van der Waals surface area contributed by atoms with Gasteiger partial charge >= 0.3 is 0 Å². The third-order valence-electron chi connectivity index (χ3n) is 3.24. The molecule has 2 aromatic rings. The highest BCUT2D eigenvalue weighted by Crippen LogP contribution is 2.23. The largest absolute Gasteiger partial charge is 0.371 e. The number of carbonyl (C=O) groups excluding carboxylic acids is 1. The molecule has 0 aliphatic carbocycles. The van der Waals surface area contributed by atoms with Gasteiger partial charge in [-0.25, -0.2) is 0 Å². The quantitative estimate of drug-likeness (QED) is 0.874. The number of hydrogen-bond donors (Lipinski definition) is 1. The predicted octanol–water partition coefficient (Wildman–Crippen LogP) is 4.49. The molecule has 0 radical (unpaired) electrons. The first-order valence-corrected chi connectivity index (χ1v) is 7.76. The Morgan fingerprint density at radius 2 is 1.73 bits per heavy atom. The van der Waals surface area contributed by atoms with Crippen molar-refractivity contribution < 1.29 is 4.79 Å². The van der Waals surface area contributed by atoms with Crippen molar-refractivity contribution in [3.8, 4) is 0 Å². The lowest BCUT2D eigenvalue weighted by molar-refractivity contribution is 0.102. The lowest BCUT2D eigenvalue weighted by atomic mass is 10.2. The molecule has 1 aromatic carbocycles. The van der Waals surface area contributed by atoms with Crippen molar-refractivity contribution in [2.75, 3.05) is 23.3 Å². The summed E-state index contributed by atoms with van der Waals surface area (Å²) in [6.45, 7) is 5.83. The fraction of sp³-hybridized carbons (Fsp3) is 0.250. The van der Waals surface area contributed by atoms with E-state index in [0.717, 1.165) is 18.8 Å². The molecule has 6 heteroatoms. The van der Waals surface area contributed by atoms with Crippen LogP contribution in [0.4, 0.5) is 11.4 Å². The van der Waals surface area contributed by atoms with Crippen LogP contribution in [0.1, 0.15) is 24.2 Å². The maximum atomic E-state index is 12.3. The van der Waals surface area contributed by atoms with Crippen LogP contribution < -0.4 is 10.2 Å². The highest BCUT2D eigenvalue weighted by molar-refractivity contribution is 6.35. The second-order valence-corrected chi connectivity index (χ2v) is 5.59. The molecular weight excluding hydrogens is 321 g/mol. The monoisotopic (exact) mass is 337 g/mol. The summed E-state index contributed by atoms with van der Waals surface area (Å²) in [5, 5.41) is 3.72. The molecule has 0 aliphatic rings. The zero-order chi connectivity index (χ0) is 16.1. The summed E-state index contributed by atoms with van der Waals surface area (Å²) >= 11 is 11.9. The van der Waals surface area contributed by atoms with E-state index in [1.807, 2.05) is 6.07 Å². The number of rotatable bonds is 5. The Morgan fingerprint density at radius 3 is 2.32 bits per heavy atom. The molecule has 1 amide bonds. The number of amides is 1. The van der Waals surface area contributed by atoms with Crippen LogP contribution in [0.3, 0.4) is 0 Å². The molecule has 22 heavy (non-hydrogen) atoms. The van der Waals surface area contributed by atoms with Gasteiger partial charge in [0.05, 0.1) is 17.4 Å². The van der Waals surface area contributed by atoms with Crippen LogP contribution >= 0.6 is 23.2 Å². The van der Waals surface area contributed by atoms with Gasteiger partial charge in [0.15, 0.2) is 0 Å². The van der Waals surface area contributed by atoms with Crippen LogP contribution in [0, 0.1) is 0 Å². The minimum absolute atomic E-state index is 0.250. The molecule has 1 N–H and O–H groups in total. The Labute approximate surface area is 140 Å². The molecule has 1 aromatic heterocycles. The maximum absolute atomic E-state index is 12.3. The van der Waals surface area contributed by atoms with Crippen LogP contribution in [0.15, 0.2) is 36.7 Å². The minimum atomic E-state index is -0.250. The molecule has 0 unspecified atom stereocenters. The third-order valence-corrected chi connectivity index (χ3v) is 3.67. The number of nitrogens with zero attached hydrogens (tertiary/aromatic N) is 2. The van der Waals surface area contributed by atoms with Crippen molar-refractivity contribution >= 4 is 40.5 Å². The van der Waals surface area contributed by atoms with Crippen LogP contribution in [0.2, 0.25) is 10.0 Å². The molecule has 0 aliphatic heterocycles. The summed E-state index contributed by atoms with van der Waals surface area (Å²) in [7, 11) is 0. The molecule has 0 saturated heterocycles. The molecule has 116 valence electrons. The van der Waals surface area contributed by atoms with Crippen molar-refractivity contribution in [3.05, 3.63) is 52.3 Å². The Morgan fingerprint density at radius 1 is 1.09 bits per heavy atom. The van der Waals surface area contributed by atoms with Crippen LogP contribution in [0.25, 0.3) is 0 Å². The van der Waals surface area contributed by atoms with Crippen molar-refractivity contribution in [3.63, 3.8) is 0 Å². The number of aromatic nitrogens is 1. The lowest BCUT2D eigenvalue weighted by Gasteiger charge is -2.20. The second-order valence-electron chi connectivity index (χ2n) is 4.72. The van der Waals surface area contributed by atoms with E-state index in [-0.39, 0.29) is 5.91 Å². The van der Waals surface area contributed by atoms with Crippen LogP contribution in [-0.4, -0.2) is 24.0 Å². The van der Waals surface area contributed by atoms with Gasteiger partial charge in [-0.3, -0.25) is 9.78 Å². The molecule has 0 atom stereocenters. The number of carbonyl (C=O) groups is 1. The van der Waals surface area contributed by atoms with Crippen molar-refractivity contribution in [1.29, 1.82) is 0 Å². The van der Waals surface area contributed by atoms with Gasteiger partial charge in [0.1, 0.15) is 0 Å². The van der Waals surface area contributed by atoms with E-state index in [9.17, 15) is 4.79 Å². The van der Waals surface area contributed by atoms with Gasteiger partial charge in [0.2, 0.25) is 0 Å². The Kier molecular flexibility index (Phi) is 5.63. The Hall–Kier alpha value is -1.78. The lowest BCUT2D eigenvalue weighted by Crippen LogP contribution is -2.22. The summed E-state index contributed by atoms with van der Waals surface area (Å²) in [6, 6.07) is 6.73. The summed E-state index contributed by atoms with van der Waals surface area (Å²) in [6.07, 6.45) is 3.29. The van der Waals surface area contributed by atoms with E-state index in [1.54, 1.807) is 24.4 Å². The van der Waals surface area contributed by atoms with Crippen LogP contribution in [-0.2, 0) is 0 Å². The van der Waals surface area contributed by atoms with Crippen LogP contribution in [0.5, 0.6) is 0 Å². The summed E-state index contributed by atoms with van der Waals surface area (Å²) in [5.41, 5.74) is 1.96. The first-order valence-electron chi connectivity index (χ1n) is 7.01. The first kappa shape index (κ1) is 16.6. The first-order chi connectivity index (χ1) is 10.5. The molecule has 4 nitrogen and oxygen atoms in total. The van der Waals surface area contributed by atoms with Crippen molar-refractivity contribution in [2.24, 2.45) is 0 Å². The van der Waals surface area contributed by atoms with E-state index >= 15 is 0 Å². The summed E-state index contributed by atoms with van der Waals surface area (Å²) in [5.74, 6) is -0.250. The topological polar surface area (TPSA) is 45.2 Å². The smallest absolute Gasteiger partial charge is 0.257 e. The molecule has 0 bridgehead atoms. The highest BCUT2D eigenvalue weighted by atomic mass is 35.5. The van der Waals surface area contributed by atoms with E-state index < -0.39 is 0 Å². The van der Waals surface area contributed by atoms with Gasteiger partial charge in [0, 0.05) is 35.0 Å². The average Bonchev–Trinajstić information content (AvgIpc) is 2.47. The summed E-state index contributed by atoms with van der Waals surface area (Å²) < 4.78 is 0. The number of halogens is 2. The Balaban J connectivity index is 2.20. The van der Waals surface area contributed by atoms with E-state index in [4.69, 9.17) is 23.2 Å². The minimum Gasteiger partial charge on any atom is -0.371 e.